The molecule has 4 nitrogen and oxygen atoms in total. The summed E-state index contributed by atoms with van der Waals surface area (Å²) < 4.78 is 28.7. The molecule has 0 unspecified atom stereocenters. The molecular weight excluding hydrogens is 250 g/mol. The average Bonchev–Trinajstić information content (AvgIpc) is 2.23. The molecule has 5 heteroatoms. The molecule has 0 aromatic carbocycles. The Labute approximate surface area is 111 Å². The summed E-state index contributed by atoms with van der Waals surface area (Å²) in [5.74, 6) is 0. The van der Waals surface area contributed by atoms with Gasteiger partial charge >= 0.3 is 0 Å². The number of hydrogen-bond donors (Lipinski definition) is 1. The van der Waals surface area contributed by atoms with Crippen molar-refractivity contribution in [2.75, 3.05) is 32.6 Å². The SMILES string of the molecule is CC(C)(C)CCNCC1(S(C)(=O)=O)CCOCC1. The van der Waals surface area contributed by atoms with E-state index in [1.165, 1.54) is 6.26 Å². The summed E-state index contributed by atoms with van der Waals surface area (Å²) in [6, 6.07) is 0. The highest BCUT2D eigenvalue weighted by Gasteiger charge is 2.41. The minimum absolute atomic E-state index is 0.279. The van der Waals surface area contributed by atoms with Gasteiger partial charge in [0.15, 0.2) is 9.84 Å². The first-order valence-electron chi connectivity index (χ1n) is 6.64. The zero-order chi connectivity index (χ0) is 13.9. The third-order valence-electron chi connectivity index (χ3n) is 3.69. The summed E-state index contributed by atoms with van der Waals surface area (Å²) in [7, 11) is -3.05. The highest BCUT2D eigenvalue weighted by Crippen LogP contribution is 2.28. The van der Waals surface area contributed by atoms with Gasteiger partial charge in [-0.15, -0.1) is 0 Å². The Bertz CT molecular complexity index is 351. The molecule has 1 rings (SSSR count). The minimum atomic E-state index is -3.05. The quantitative estimate of drug-likeness (QED) is 0.776. The zero-order valence-electron chi connectivity index (χ0n) is 12.1. The summed E-state index contributed by atoms with van der Waals surface area (Å²) in [4.78, 5) is 0. The van der Waals surface area contributed by atoms with Crippen LogP contribution in [-0.4, -0.2) is 45.7 Å². The standard InChI is InChI=1S/C13H27NO3S/c1-12(2,3)5-8-14-11-13(18(4,15)16)6-9-17-10-7-13/h14H,5-11H2,1-4H3. The van der Waals surface area contributed by atoms with Gasteiger partial charge in [0, 0.05) is 26.0 Å². The predicted octanol–water partition coefficient (Wildman–Crippen LogP) is 1.61. The molecular formula is C13H27NO3S. The molecule has 0 atom stereocenters. The molecule has 1 aliphatic rings. The Morgan fingerprint density at radius 1 is 1.22 bits per heavy atom. The molecule has 1 N–H and O–H groups in total. The number of rotatable bonds is 5. The molecule has 108 valence electrons. The Morgan fingerprint density at radius 3 is 2.22 bits per heavy atom. The normalized spacial score (nSPS) is 20.9. The van der Waals surface area contributed by atoms with Crippen molar-refractivity contribution in [3.8, 4) is 0 Å². The first-order valence-corrected chi connectivity index (χ1v) is 8.54. The molecule has 0 amide bonds. The van der Waals surface area contributed by atoms with Crippen molar-refractivity contribution in [2.45, 2.75) is 44.8 Å². The van der Waals surface area contributed by atoms with Gasteiger partial charge in [-0.1, -0.05) is 20.8 Å². The van der Waals surface area contributed by atoms with Crippen molar-refractivity contribution >= 4 is 9.84 Å². The lowest BCUT2D eigenvalue weighted by Gasteiger charge is -2.35. The van der Waals surface area contributed by atoms with E-state index in [1.807, 2.05) is 0 Å². The van der Waals surface area contributed by atoms with Gasteiger partial charge in [0.2, 0.25) is 0 Å². The highest BCUT2D eigenvalue weighted by atomic mass is 32.2. The average molecular weight is 277 g/mol. The van der Waals surface area contributed by atoms with E-state index in [-0.39, 0.29) is 5.41 Å². The molecule has 1 heterocycles. The van der Waals surface area contributed by atoms with E-state index in [9.17, 15) is 8.42 Å². The van der Waals surface area contributed by atoms with E-state index in [1.54, 1.807) is 0 Å². The number of sulfone groups is 1. The van der Waals surface area contributed by atoms with E-state index in [2.05, 4.69) is 26.1 Å². The molecule has 0 saturated carbocycles. The second-order valence-electron chi connectivity index (χ2n) is 6.55. The molecule has 0 aromatic rings. The summed E-state index contributed by atoms with van der Waals surface area (Å²) in [6.07, 6.45) is 3.61. The Morgan fingerprint density at radius 2 is 1.78 bits per heavy atom. The maximum atomic E-state index is 12.0. The summed E-state index contributed by atoms with van der Waals surface area (Å²) in [5, 5.41) is 3.32. The van der Waals surface area contributed by atoms with Crippen LogP contribution in [0.4, 0.5) is 0 Å². The Kier molecular flexibility index (Phi) is 5.21. The van der Waals surface area contributed by atoms with Crippen molar-refractivity contribution in [1.82, 2.24) is 5.32 Å². The molecule has 0 spiro atoms. The fourth-order valence-corrected chi connectivity index (χ4v) is 3.47. The van der Waals surface area contributed by atoms with Crippen LogP contribution in [0.15, 0.2) is 0 Å². The molecule has 1 fully saturated rings. The van der Waals surface area contributed by atoms with Crippen LogP contribution in [0, 0.1) is 5.41 Å². The number of nitrogens with one attached hydrogen (secondary N) is 1. The number of ether oxygens (including phenoxy) is 1. The van der Waals surface area contributed by atoms with Crippen LogP contribution in [0.5, 0.6) is 0 Å². The molecule has 0 aromatic heterocycles. The molecule has 18 heavy (non-hydrogen) atoms. The van der Waals surface area contributed by atoms with Crippen molar-refractivity contribution in [2.24, 2.45) is 5.41 Å². The van der Waals surface area contributed by atoms with Crippen molar-refractivity contribution in [3.05, 3.63) is 0 Å². The highest BCUT2D eigenvalue weighted by molar-refractivity contribution is 7.92. The van der Waals surface area contributed by atoms with E-state index in [4.69, 9.17) is 4.74 Å². The van der Waals surface area contributed by atoms with Crippen LogP contribution in [0.2, 0.25) is 0 Å². The van der Waals surface area contributed by atoms with Crippen molar-refractivity contribution in [1.29, 1.82) is 0 Å². The van der Waals surface area contributed by atoms with Gasteiger partial charge in [0.25, 0.3) is 0 Å². The lowest BCUT2D eigenvalue weighted by molar-refractivity contribution is 0.0744. The monoisotopic (exact) mass is 277 g/mol. The van der Waals surface area contributed by atoms with Crippen LogP contribution in [0.25, 0.3) is 0 Å². The summed E-state index contributed by atoms with van der Waals surface area (Å²) in [6.45, 7) is 9.08. The van der Waals surface area contributed by atoms with Gasteiger partial charge in [-0.25, -0.2) is 8.42 Å². The van der Waals surface area contributed by atoms with E-state index in [0.29, 0.717) is 32.6 Å². The molecule has 0 bridgehead atoms. The number of hydrogen-bond acceptors (Lipinski definition) is 4. The Hall–Kier alpha value is -0.130. The fraction of sp³-hybridized carbons (Fsp3) is 1.00. The Balaban J connectivity index is 2.53. The van der Waals surface area contributed by atoms with Gasteiger partial charge < -0.3 is 10.1 Å². The summed E-state index contributed by atoms with van der Waals surface area (Å²) in [5.41, 5.74) is 0.279. The smallest absolute Gasteiger partial charge is 0.154 e. The molecule has 1 saturated heterocycles. The van der Waals surface area contributed by atoms with Crippen LogP contribution >= 0.6 is 0 Å². The zero-order valence-corrected chi connectivity index (χ0v) is 12.9. The van der Waals surface area contributed by atoms with Crippen LogP contribution < -0.4 is 5.32 Å². The first kappa shape index (κ1) is 15.9. The van der Waals surface area contributed by atoms with Gasteiger partial charge in [0.05, 0.1) is 4.75 Å². The minimum Gasteiger partial charge on any atom is -0.381 e. The lowest BCUT2D eigenvalue weighted by Crippen LogP contribution is -2.51. The maximum Gasteiger partial charge on any atom is 0.154 e. The summed E-state index contributed by atoms with van der Waals surface area (Å²) >= 11 is 0. The second kappa shape index (κ2) is 5.88. The third-order valence-corrected chi connectivity index (χ3v) is 5.82. The fourth-order valence-electron chi connectivity index (χ4n) is 2.20. The third kappa shape index (κ3) is 4.52. The van der Waals surface area contributed by atoms with Crippen LogP contribution in [0.1, 0.15) is 40.0 Å². The van der Waals surface area contributed by atoms with Crippen molar-refractivity contribution in [3.63, 3.8) is 0 Å². The van der Waals surface area contributed by atoms with E-state index < -0.39 is 14.6 Å². The second-order valence-corrected chi connectivity index (χ2v) is 8.97. The first-order chi connectivity index (χ1) is 8.16. The largest absolute Gasteiger partial charge is 0.381 e. The topological polar surface area (TPSA) is 55.4 Å². The van der Waals surface area contributed by atoms with E-state index in [0.717, 1.165) is 13.0 Å². The predicted molar refractivity (Wildman–Crippen MR) is 74.6 cm³/mol. The van der Waals surface area contributed by atoms with Gasteiger partial charge in [-0.3, -0.25) is 0 Å². The van der Waals surface area contributed by atoms with Crippen LogP contribution in [-0.2, 0) is 14.6 Å². The van der Waals surface area contributed by atoms with Gasteiger partial charge in [-0.2, -0.15) is 0 Å². The lowest BCUT2D eigenvalue weighted by atomic mass is 9.92. The molecule has 0 radical (unpaired) electrons. The van der Waals surface area contributed by atoms with Gasteiger partial charge in [0.1, 0.15) is 0 Å². The maximum absolute atomic E-state index is 12.0. The van der Waals surface area contributed by atoms with Gasteiger partial charge in [-0.05, 0) is 31.2 Å². The van der Waals surface area contributed by atoms with Crippen LogP contribution in [0.3, 0.4) is 0 Å². The van der Waals surface area contributed by atoms with E-state index >= 15 is 0 Å². The molecule has 1 aliphatic heterocycles. The van der Waals surface area contributed by atoms with Crippen molar-refractivity contribution < 1.29 is 13.2 Å². The molecule has 0 aliphatic carbocycles.